The molecule has 1 fully saturated rings. The van der Waals surface area contributed by atoms with Crippen LogP contribution in [0.1, 0.15) is 30.1 Å². The zero-order valence-electron chi connectivity index (χ0n) is 15.5. The van der Waals surface area contributed by atoms with E-state index in [9.17, 15) is 5.11 Å². The molecule has 7 nitrogen and oxygen atoms in total. The maximum atomic E-state index is 9.21. The van der Waals surface area contributed by atoms with E-state index in [1.54, 1.807) is 12.4 Å². The van der Waals surface area contributed by atoms with E-state index in [0.717, 1.165) is 48.8 Å². The van der Waals surface area contributed by atoms with Crippen LogP contribution in [0.2, 0.25) is 0 Å². The first-order chi connectivity index (χ1) is 13.2. The van der Waals surface area contributed by atoms with Gasteiger partial charge < -0.3 is 10.0 Å². The molecule has 1 aliphatic heterocycles. The van der Waals surface area contributed by atoms with Crippen molar-refractivity contribution in [3.05, 3.63) is 54.2 Å². The van der Waals surface area contributed by atoms with Crippen molar-refractivity contribution in [1.82, 2.24) is 24.7 Å². The van der Waals surface area contributed by atoms with Gasteiger partial charge in [-0.1, -0.05) is 0 Å². The minimum atomic E-state index is 0.116. The number of hydrogen-bond acceptors (Lipinski definition) is 6. The smallest absolute Gasteiger partial charge is 0.163 e. The van der Waals surface area contributed by atoms with Crippen molar-refractivity contribution in [2.24, 2.45) is 0 Å². The van der Waals surface area contributed by atoms with Crippen molar-refractivity contribution < 1.29 is 5.11 Å². The molecule has 4 rings (SSSR count). The molecule has 0 aromatic carbocycles. The normalized spacial score (nSPS) is 15.3. The molecule has 3 aromatic heterocycles. The summed E-state index contributed by atoms with van der Waals surface area (Å²) in [5.74, 6) is 2.17. The van der Waals surface area contributed by atoms with Crippen LogP contribution in [0.15, 0.2) is 42.9 Å². The van der Waals surface area contributed by atoms with Crippen LogP contribution in [0.4, 0.5) is 5.82 Å². The SMILES string of the molecule is Cc1cc(N2CCC(c3ccnn3CCO)CC2)nc(-c2cccnc2)n1. The molecular formula is C20H24N6O. The Balaban J connectivity index is 1.50. The van der Waals surface area contributed by atoms with Gasteiger partial charge in [0.2, 0.25) is 0 Å². The van der Waals surface area contributed by atoms with Crippen LogP contribution >= 0.6 is 0 Å². The lowest BCUT2D eigenvalue weighted by Gasteiger charge is -2.33. The van der Waals surface area contributed by atoms with Crippen LogP contribution in [0.3, 0.4) is 0 Å². The lowest BCUT2D eigenvalue weighted by Crippen LogP contribution is -2.34. The van der Waals surface area contributed by atoms with E-state index >= 15 is 0 Å². The van der Waals surface area contributed by atoms with Crippen molar-refractivity contribution in [3.63, 3.8) is 0 Å². The van der Waals surface area contributed by atoms with Crippen LogP contribution in [0.5, 0.6) is 0 Å². The fourth-order valence-electron chi connectivity index (χ4n) is 3.71. The van der Waals surface area contributed by atoms with E-state index in [1.165, 1.54) is 5.69 Å². The average molecular weight is 364 g/mol. The van der Waals surface area contributed by atoms with Gasteiger partial charge in [-0.25, -0.2) is 9.97 Å². The molecule has 0 spiro atoms. The maximum Gasteiger partial charge on any atom is 0.163 e. The second-order valence-corrected chi connectivity index (χ2v) is 6.90. The van der Waals surface area contributed by atoms with Crippen LogP contribution in [0, 0.1) is 6.92 Å². The molecule has 4 heterocycles. The number of aliphatic hydroxyl groups excluding tert-OH is 1. The maximum absolute atomic E-state index is 9.21. The van der Waals surface area contributed by atoms with Gasteiger partial charge in [-0.2, -0.15) is 5.10 Å². The summed E-state index contributed by atoms with van der Waals surface area (Å²) in [4.78, 5) is 15.9. The standard InChI is InChI=1S/C20H24N6O/c1-15-13-19(24-20(23-15)17-3-2-7-21-14-17)25-9-5-16(6-10-25)18-4-8-22-26(18)11-12-27/h2-4,7-8,13-14,16,27H,5-6,9-12H2,1H3. The molecule has 3 aromatic rings. The number of anilines is 1. The number of piperidine rings is 1. The molecule has 0 radical (unpaired) electrons. The van der Waals surface area contributed by atoms with E-state index in [4.69, 9.17) is 4.98 Å². The summed E-state index contributed by atoms with van der Waals surface area (Å²) in [7, 11) is 0. The highest BCUT2D eigenvalue weighted by atomic mass is 16.3. The third-order valence-electron chi connectivity index (χ3n) is 5.06. The molecule has 0 unspecified atom stereocenters. The zero-order valence-corrected chi connectivity index (χ0v) is 15.5. The van der Waals surface area contributed by atoms with E-state index in [2.05, 4.69) is 32.1 Å². The summed E-state index contributed by atoms with van der Waals surface area (Å²) in [6.07, 6.45) is 7.47. The zero-order chi connectivity index (χ0) is 18.6. The average Bonchev–Trinajstić information content (AvgIpc) is 3.17. The Morgan fingerprint density at radius 1 is 1.15 bits per heavy atom. The largest absolute Gasteiger partial charge is 0.394 e. The van der Waals surface area contributed by atoms with Gasteiger partial charge in [0, 0.05) is 60.6 Å². The summed E-state index contributed by atoms with van der Waals surface area (Å²) < 4.78 is 1.93. The van der Waals surface area contributed by atoms with Crippen molar-refractivity contribution in [1.29, 1.82) is 0 Å². The molecule has 0 amide bonds. The predicted molar refractivity (Wildman–Crippen MR) is 104 cm³/mol. The highest BCUT2D eigenvalue weighted by molar-refractivity contribution is 5.56. The van der Waals surface area contributed by atoms with Gasteiger partial charge in [0.1, 0.15) is 5.82 Å². The number of aromatic nitrogens is 5. The van der Waals surface area contributed by atoms with Crippen LogP contribution in [-0.4, -0.2) is 49.5 Å². The molecule has 0 aliphatic carbocycles. The minimum Gasteiger partial charge on any atom is -0.394 e. The lowest BCUT2D eigenvalue weighted by molar-refractivity contribution is 0.265. The van der Waals surface area contributed by atoms with Crippen molar-refractivity contribution in [3.8, 4) is 11.4 Å². The number of hydrogen-bond donors (Lipinski definition) is 1. The molecule has 140 valence electrons. The first kappa shape index (κ1) is 17.6. The Hall–Kier alpha value is -2.80. The molecule has 0 atom stereocenters. The molecule has 1 saturated heterocycles. The molecule has 0 bridgehead atoms. The molecule has 1 N–H and O–H groups in total. The first-order valence-corrected chi connectivity index (χ1v) is 9.38. The van der Waals surface area contributed by atoms with E-state index in [-0.39, 0.29) is 6.61 Å². The first-order valence-electron chi connectivity index (χ1n) is 9.38. The topological polar surface area (TPSA) is 80.0 Å². The Morgan fingerprint density at radius 3 is 2.74 bits per heavy atom. The Kier molecular flexibility index (Phi) is 5.11. The second kappa shape index (κ2) is 7.84. The second-order valence-electron chi connectivity index (χ2n) is 6.90. The minimum absolute atomic E-state index is 0.116. The quantitative estimate of drug-likeness (QED) is 0.749. The number of aliphatic hydroxyl groups is 1. The van der Waals surface area contributed by atoms with Crippen LogP contribution < -0.4 is 4.90 Å². The van der Waals surface area contributed by atoms with Crippen LogP contribution in [-0.2, 0) is 6.54 Å². The lowest BCUT2D eigenvalue weighted by atomic mass is 9.93. The number of aryl methyl sites for hydroxylation is 1. The Morgan fingerprint density at radius 2 is 2.00 bits per heavy atom. The Bertz CT molecular complexity index is 886. The van der Waals surface area contributed by atoms with Crippen molar-refractivity contribution in [2.45, 2.75) is 32.2 Å². The van der Waals surface area contributed by atoms with Gasteiger partial charge in [0.15, 0.2) is 5.82 Å². The summed E-state index contributed by atoms with van der Waals surface area (Å²) in [5.41, 5.74) is 3.12. The van der Waals surface area contributed by atoms with E-state index in [1.807, 2.05) is 29.9 Å². The van der Waals surface area contributed by atoms with E-state index < -0.39 is 0 Å². The van der Waals surface area contributed by atoms with Crippen molar-refractivity contribution >= 4 is 5.82 Å². The summed E-state index contributed by atoms with van der Waals surface area (Å²) in [5, 5.41) is 13.5. The summed E-state index contributed by atoms with van der Waals surface area (Å²) in [6, 6.07) is 8.02. The highest BCUT2D eigenvalue weighted by Crippen LogP contribution is 2.30. The molecule has 27 heavy (non-hydrogen) atoms. The van der Waals surface area contributed by atoms with Gasteiger partial charge in [-0.15, -0.1) is 0 Å². The number of nitrogens with zero attached hydrogens (tertiary/aromatic N) is 6. The van der Waals surface area contributed by atoms with Gasteiger partial charge >= 0.3 is 0 Å². The summed E-state index contributed by atoms with van der Waals surface area (Å²) >= 11 is 0. The van der Waals surface area contributed by atoms with Gasteiger partial charge in [-0.3, -0.25) is 9.67 Å². The molecule has 1 aliphatic rings. The molecular weight excluding hydrogens is 340 g/mol. The molecule has 0 saturated carbocycles. The fourth-order valence-corrected chi connectivity index (χ4v) is 3.71. The predicted octanol–water partition coefficient (Wildman–Crippen LogP) is 2.42. The number of rotatable bonds is 5. The fraction of sp³-hybridized carbons (Fsp3) is 0.400. The third-order valence-corrected chi connectivity index (χ3v) is 5.06. The van der Waals surface area contributed by atoms with Crippen molar-refractivity contribution in [2.75, 3.05) is 24.6 Å². The van der Waals surface area contributed by atoms with Crippen LogP contribution in [0.25, 0.3) is 11.4 Å². The third kappa shape index (κ3) is 3.83. The monoisotopic (exact) mass is 364 g/mol. The van der Waals surface area contributed by atoms with Gasteiger partial charge in [0.25, 0.3) is 0 Å². The molecule has 7 heteroatoms. The van der Waals surface area contributed by atoms with E-state index in [0.29, 0.717) is 12.5 Å². The Labute approximate surface area is 158 Å². The van der Waals surface area contributed by atoms with Gasteiger partial charge in [0.05, 0.1) is 13.2 Å². The number of pyridine rings is 1. The summed E-state index contributed by atoms with van der Waals surface area (Å²) in [6.45, 7) is 4.56. The van der Waals surface area contributed by atoms with Gasteiger partial charge in [-0.05, 0) is 38.0 Å². The highest BCUT2D eigenvalue weighted by Gasteiger charge is 2.24.